The lowest BCUT2D eigenvalue weighted by Gasteiger charge is -2.08. The Morgan fingerprint density at radius 3 is 2.71 bits per heavy atom. The largest absolute Gasteiger partial charge is 0.465 e. The SMILES string of the molecule is CCCCCOCc1ccccc1C(=O)OC. The van der Waals surface area contributed by atoms with Gasteiger partial charge in [-0.15, -0.1) is 0 Å². The topological polar surface area (TPSA) is 35.5 Å². The second-order valence-electron chi connectivity index (χ2n) is 3.91. The summed E-state index contributed by atoms with van der Waals surface area (Å²) in [6.07, 6.45) is 3.43. The molecule has 0 fully saturated rings. The average Bonchev–Trinajstić information content (AvgIpc) is 2.38. The number of hydrogen-bond acceptors (Lipinski definition) is 3. The minimum Gasteiger partial charge on any atom is -0.465 e. The van der Waals surface area contributed by atoms with Crippen LogP contribution in [-0.2, 0) is 16.1 Å². The van der Waals surface area contributed by atoms with Crippen molar-refractivity contribution in [2.75, 3.05) is 13.7 Å². The van der Waals surface area contributed by atoms with E-state index >= 15 is 0 Å². The van der Waals surface area contributed by atoms with Gasteiger partial charge in [-0.3, -0.25) is 0 Å². The van der Waals surface area contributed by atoms with Crippen LogP contribution in [0.1, 0.15) is 42.1 Å². The molecule has 17 heavy (non-hydrogen) atoms. The number of unbranched alkanes of at least 4 members (excludes halogenated alkanes) is 2. The van der Waals surface area contributed by atoms with Gasteiger partial charge >= 0.3 is 5.97 Å². The molecule has 0 amide bonds. The van der Waals surface area contributed by atoms with Crippen molar-refractivity contribution in [3.05, 3.63) is 35.4 Å². The summed E-state index contributed by atoms with van der Waals surface area (Å²) in [5.41, 5.74) is 1.47. The van der Waals surface area contributed by atoms with Gasteiger partial charge in [0.05, 0.1) is 19.3 Å². The van der Waals surface area contributed by atoms with E-state index in [4.69, 9.17) is 9.47 Å². The first-order valence-corrected chi connectivity index (χ1v) is 6.03. The van der Waals surface area contributed by atoms with Crippen molar-refractivity contribution in [2.24, 2.45) is 0 Å². The maximum Gasteiger partial charge on any atom is 0.338 e. The number of carbonyl (C=O) groups is 1. The number of hydrogen-bond donors (Lipinski definition) is 0. The number of carbonyl (C=O) groups excluding carboxylic acids is 1. The van der Waals surface area contributed by atoms with E-state index in [0.717, 1.165) is 18.6 Å². The summed E-state index contributed by atoms with van der Waals surface area (Å²) in [5.74, 6) is -0.308. The van der Waals surface area contributed by atoms with E-state index in [1.165, 1.54) is 20.0 Å². The highest BCUT2D eigenvalue weighted by Crippen LogP contribution is 2.11. The molecule has 1 rings (SSSR count). The Labute approximate surface area is 103 Å². The van der Waals surface area contributed by atoms with Crippen LogP contribution in [0.4, 0.5) is 0 Å². The molecule has 0 bridgehead atoms. The first-order chi connectivity index (χ1) is 8.29. The molecule has 0 aliphatic heterocycles. The summed E-state index contributed by atoms with van der Waals surface area (Å²) < 4.78 is 10.3. The van der Waals surface area contributed by atoms with Gasteiger partial charge in [0.15, 0.2) is 0 Å². The molecule has 0 atom stereocenters. The summed E-state index contributed by atoms with van der Waals surface area (Å²) >= 11 is 0. The van der Waals surface area contributed by atoms with Gasteiger partial charge in [0.2, 0.25) is 0 Å². The van der Waals surface area contributed by atoms with Crippen LogP contribution in [0.15, 0.2) is 24.3 Å². The molecule has 0 radical (unpaired) electrons. The molecule has 94 valence electrons. The Morgan fingerprint density at radius 2 is 2.00 bits per heavy atom. The van der Waals surface area contributed by atoms with Crippen LogP contribution in [0.25, 0.3) is 0 Å². The first-order valence-electron chi connectivity index (χ1n) is 6.03. The molecule has 0 heterocycles. The van der Waals surface area contributed by atoms with E-state index in [0.29, 0.717) is 12.2 Å². The maximum atomic E-state index is 11.5. The third-order valence-corrected chi connectivity index (χ3v) is 2.57. The van der Waals surface area contributed by atoms with E-state index in [-0.39, 0.29) is 5.97 Å². The fraction of sp³-hybridized carbons (Fsp3) is 0.500. The monoisotopic (exact) mass is 236 g/mol. The molecule has 3 heteroatoms. The van der Waals surface area contributed by atoms with Crippen molar-refractivity contribution in [2.45, 2.75) is 32.8 Å². The molecule has 0 unspecified atom stereocenters. The summed E-state index contributed by atoms with van der Waals surface area (Å²) in [6.45, 7) is 3.37. The predicted molar refractivity (Wildman–Crippen MR) is 67.0 cm³/mol. The van der Waals surface area contributed by atoms with Crippen LogP contribution in [-0.4, -0.2) is 19.7 Å². The maximum absolute atomic E-state index is 11.5. The molecule has 3 nitrogen and oxygen atoms in total. The van der Waals surface area contributed by atoms with Crippen molar-refractivity contribution in [3.63, 3.8) is 0 Å². The van der Waals surface area contributed by atoms with E-state index in [2.05, 4.69) is 6.92 Å². The van der Waals surface area contributed by atoms with Crippen LogP contribution in [0.2, 0.25) is 0 Å². The van der Waals surface area contributed by atoms with Crippen molar-refractivity contribution in [1.82, 2.24) is 0 Å². The van der Waals surface area contributed by atoms with Crippen molar-refractivity contribution < 1.29 is 14.3 Å². The Morgan fingerprint density at radius 1 is 1.24 bits per heavy atom. The zero-order valence-corrected chi connectivity index (χ0v) is 10.6. The van der Waals surface area contributed by atoms with Crippen LogP contribution < -0.4 is 0 Å². The molecule has 0 saturated carbocycles. The Hall–Kier alpha value is -1.35. The lowest BCUT2D eigenvalue weighted by Crippen LogP contribution is -2.07. The van der Waals surface area contributed by atoms with Crippen LogP contribution in [0, 0.1) is 0 Å². The quantitative estimate of drug-likeness (QED) is 0.539. The molecule has 0 aliphatic rings. The molecule has 0 N–H and O–H groups in total. The molecule has 1 aromatic rings. The highest BCUT2D eigenvalue weighted by atomic mass is 16.5. The van der Waals surface area contributed by atoms with Crippen LogP contribution in [0.5, 0.6) is 0 Å². The fourth-order valence-corrected chi connectivity index (χ4v) is 1.59. The van der Waals surface area contributed by atoms with Crippen molar-refractivity contribution >= 4 is 5.97 Å². The summed E-state index contributed by atoms with van der Waals surface area (Å²) in [4.78, 5) is 11.5. The minimum atomic E-state index is -0.308. The van der Waals surface area contributed by atoms with Crippen LogP contribution in [0.3, 0.4) is 0 Å². The van der Waals surface area contributed by atoms with Gasteiger partial charge in [0, 0.05) is 6.61 Å². The predicted octanol–water partition coefficient (Wildman–Crippen LogP) is 3.18. The zero-order valence-electron chi connectivity index (χ0n) is 10.6. The highest BCUT2D eigenvalue weighted by Gasteiger charge is 2.10. The second kappa shape index (κ2) is 7.85. The third kappa shape index (κ3) is 4.57. The van der Waals surface area contributed by atoms with Crippen molar-refractivity contribution in [1.29, 1.82) is 0 Å². The zero-order chi connectivity index (χ0) is 12.5. The van der Waals surface area contributed by atoms with E-state index in [1.54, 1.807) is 6.07 Å². The Bertz CT molecular complexity index is 347. The number of methoxy groups -OCH3 is 1. The smallest absolute Gasteiger partial charge is 0.338 e. The number of esters is 1. The number of ether oxygens (including phenoxy) is 2. The Balaban J connectivity index is 2.49. The van der Waals surface area contributed by atoms with Gasteiger partial charge in [0.1, 0.15) is 0 Å². The van der Waals surface area contributed by atoms with Gasteiger partial charge in [-0.25, -0.2) is 4.79 Å². The number of benzene rings is 1. The molecule has 0 saturated heterocycles. The molecule has 1 aromatic carbocycles. The molecule has 0 spiro atoms. The van der Waals surface area contributed by atoms with Gasteiger partial charge in [-0.05, 0) is 18.1 Å². The molecule has 0 aliphatic carbocycles. The number of rotatable bonds is 7. The van der Waals surface area contributed by atoms with Crippen molar-refractivity contribution in [3.8, 4) is 0 Å². The molecular formula is C14H20O3. The Kier molecular flexibility index (Phi) is 6.33. The normalized spacial score (nSPS) is 10.2. The summed E-state index contributed by atoms with van der Waals surface area (Å²) in [6, 6.07) is 7.38. The lowest BCUT2D eigenvalue weighted by atomic mass is 10.1. The average molecular weight is 236 g/mol. The van der Waals surface area contributed by atoms with E-state index < -0.39 is 0 Å². The standard InChI is InChI=1S/C14H20O3/c1-3-4-7-10-17-11-12-8-5-6-9-13(12)14(15)16-2/h5-6,8-9H,3-4,7,10-11H2,1-2H3. The fourth-order valence-electron chi connectivity index (χ4n) is 1.59. The molecular weight excluding hydrogens is 216 g/mol. The third-order valence-electron chi connectivity index (χ3n) is 2.57. The van der Waals surface area contributed by atoms with Gasteiger partial charge in [-0.2, -0.15) is 0 Å². The first kappa shape index (κ1) is 13.7. The van der Waals surface area contributed by atoms with Gasteiger partial charge < -0.3 is 9.47 Å². The van der Waals surface area contributed by atoms with E-state index in [9.17, 15) is 4.79 Å². The molecule has 0 aromatic heterocycles. The lowest BCUT2D eigenvalue weighted by molar-refractivity contribution is 0.0591. The van der Waals surface area contributed by atoms with Gasteiger partial charge in [0.25, 0.3) is 0 Å². The summed E-state index contributed by atoms with van der Waals surface area (Å²) in [5, 5.41) is 0. The minimum absolute atomic E-state index is 0.308. The van der Waals surface area contributed by atoms with Gasteiger partial charge in [-0.1, -0.05) is 38.0 Å². The van der Waals surface area contributed by atoms with E-state index in [1.807, 2.05) is 18.2 Å². The second-order valence-corrected chi connectivity index (χ2v) is 3.91. The summed E-state index contributed by atoms with van der Waals surface area (Å²) in [7, 11) is 1.39. The highest BCUT2D eigenvalue weighted by molar-refractivity contribution is 5.90. The van der Waals surface area contributed by atoms with Crippen LogP contribution >= 0.6 is 0 Å².